The molecule has 4 aromatic rings. The average Bonchev–Trinajstić information content (AvgIpc) is 2.95. The lowest BCUT2D eigenvalue weighted by molar-refractivity contribution is -0.145. The minimum Gasteiger partial charge on any atom is -0.490 e. The standard InChI is InChI=1S/C31H27F2NO5/c1-21(23-4-6-24(7-5-23)25-8-10-26(32)11-9-25)34-38-19-18-37-28-14-2-22(3-15-28)20-30(31(35)36)39-29-16-12-27(33)13-17-29/h2-17,30H,18-20H2,1H3,(H,35,36)/b34-21-. The summed E-state index contributed by atoms with van der Waals surface area (Å²) in [4.78, 5) is 17.0. The summed E-state index contributed by atoms with van der Waals surface area (Å²) in [6.07, 6.45) is -0.981. The summed E-state index contributed by atoms with van der Waals surface area (Å²) in [5, 5.41) is 13.6. The van der Waals surface area contributed by atoms with E-state index in [0.29, 0.717) is 11.5 Å². The molecule has 0 aliphatic rings. The van der Waals surface area contributed by atoms with Gasteiger partial charge in [-0.2, -0.15) is 0 Å². The van der Waals surface area contributed by atoms with Crippen molar-refractivity contribution in [3.8, 4) is 22.6 Å². The largest absolute Gasteiger partial charge is 0.490 e. The first-order valence-electron chi connectivity index (χ1n) is 12.3. The molecule has 0 bridgehead atoms. The van der Waals surface area contributed by atoms with Gasteiger partial charge in [0.15, 0.2) is 12.7 Å². The molecule has 0 amide bonds. The van der Waals surface area contributed by atoms with E-state index in [1.165, 1.54) is 36.4 Å². The average molecular weight is 532 g/mol. The highest BCUT2D eigenvalue weighted by Gasteiger charge is 2.20. The lowest BCUT2D eigenvalue weighted by Crippen LogP contribution is -2.29. The van der Waals surface area contributed by atoms with Crippen molar-refractivity contribution in [3.05, 3.63) is 120 Å². The van der Waals surface area contributed by atoms with Gasteiger partial charge >= 0.3 is 5.97 Å². The van der Waals surface area contributed by atoms with Crippen molar-refractivity contribution in [2.75, 3.05) is 13.2 Å². The number of carboxylic acids is 1. The molecule has 0 radical (unpaired) electrons. The third-order valence-corrected chi connectivity index (χ3v) is 5.84. The maximum atomic E-state index is 13.1. The van der Waals surface area contributed by atoms with Crippen LogP contribution in [0.2, 0.25) is 0 Å². The number of benzene rings is 4. The van der Waals surface area contributed by atoms with E-state index in [2.05, 4.69) is 5.16 Å². The first kappa shape index (κ1) is 27.3. The molecule has 6 nitrogen and oxygen atoms in total. The predicted octanol–water partition coefficient (Wildman–Crippen LogP) is 6.53. The summed E-state index contributed by atoms with van der Waals surface area (Å²) in [6.45, 7) is 2.35. The second kappa shape index (κ2) is 13.2. The lowest BCUT2D eigenvalue weighted by Gasteiger charge is -2.15. The van der Waals surface area contributed by atoms with Crippen LogP contribution in [0.25, 0.3) is 11.1 Å². The van der Waals surface area contributed by atoms with Crippen molar-refractivity contribution < 1.29 is 33.0 Å². The monoisotopic (exact) mass is 531 g/mol. The Balaban J connectivity index is 1.22. The van der Waals surface area contributed by atoms with E-state index in [9.17, 15) is 18.7 Å². The van der Waals surface area contributed by atoms with Crippen molar-refractivity contribution >= 4 is 11.7 Å². The first-order valence-corrected chi connectivity index (χ1v) is 12.3. The molecule has 0 aliphatic carbocycles. The fourth-order valence-electron chi connectivity index (χ4n) is 3.73. The summed E-state index contributed by atoms with van der Waals surface area (Å²) in [6, 6.07) is 26.3. The summed E-state index contributed by atoms with van der Waals surface area (Å²) < 4.78 is 37.4. The van der Waals surface area contributed by atoms with Gasteiger partial charge in [-0.15, -0.1) is 0 Å². The van der Waals surface area contributed by atoms with Crippen LogP contribution in [0.1, 0.15) is 18.1 Å². The summed E-state index contributed by atoms with van der Waals surface area (Å²) in [7, 11) is 0. The van der Waals surface area contributed by atoms with Crippen molar-refractivity contribution in [2.45, 2.75) is 19.4 Å². The van der Waals surface area contributed by atoms with Crippen LogP contribution in [-0.2, 0) is 16.1 Å². The molecule has 1 unspecified atom stereocenters. The normalized spacial score (nSPS) is 12.0. The Labute approximate surface area is 225 Å². The van der Waals surface area contributed by atoms with Crippen LogP contribution < -0.4 is 9.47 Å². The van der Waals surface area contributed by atoms with Crippen LogP contribution in [0.4, 0.5) is 8.78 Å². The van der Waals surface area contributed by atoms with Gasteiger partial charge in [0.25, 0.3) is 0 Å². The Morgan fingerprint density at radius 3 is 1.90 bits per heavy atom. The topological polar surface area (TPSA) is 77.3 Å². The van der Waals surface area contributed by atoms with E-state index >= 15 is 0 Å². The fraction of sp³-hybridized carbons (Fsp3) is 0.161. The zero-order valence-electron chi connectivity index (χ0n) is 21.2. The van der Waals surface area contributed by atoms with Crippen molar-refractivity contribution in [1.82, 2.24) is 0 Å². The minimum atomic E-state index is -1.11. The molecule has 1 atom stereocenters. The molecule has 0 aliphatic heterocycles. The Hall–Kier alpha value is -4.72. The third kappa shape index (κ3) is 8.13. The van der Waals surface area contributed by atoms with Crippen molar-refractivity contribution in [1.29, 1.82) is 0 Å². The maximum Gasteiger partial charge on any atom is 0.345 e. The molecule has 0 aromatic heterocycles. The van der Waals surface area contributed by atoms with Crippen molar-refractivity contribution in [2.24, 2.45) is 5.16 Å². The van der Waals surface area contributed by atoms with Gasteiger partial charge in [0.1, 0.15) is 29.7 Å². The predicted molar refractivity (Wildman–Crippen MR) is 144 cm³/mol. The zero-order chi connectivity index (χ0) is 27.6. The van der Waals surface area contributed by atoms with E-state index in [1.54, 1.807) is 36.4 Å². The van der Waals surface area contributed by atoms with Gasteiger partial charge in [-0.25, -0.2) is 13.6 Å². The smallest absolute Gasteiger partial charge is 0.345 e. The van der Waals surface area contributed by atoms with E-state index in [-0.39, 0.29) is 31.2 Å². The van der Waals surface area contributed by atoms with E-state index < -0.39 is 17.9 Å². The van der Waals surface area contributed by atoms with Gasteiger partial charge in [0.2, 0.25) is 0 Å². The van der Waals surface area contributed by atoms with Gasteiger partial charge in [-0.1, -0.05) is 53.7 Å². The van der Waals surface area contributed by atoms with Crippen molar-refractivity contribution in [3.63, 3.8) is 0 Å². The number of hydrogen-bond acceptors (Lipinski definition) is 5. The molecule has 8 heteroatoms. The molecule has 39 heavy (non-hydrogen) atoms. The number of halogens is 2. The van der Waals surface area contributed by atoms with Gasteiger partial charge in [0.05, 0.1) is 5.71 Å². The fourth-order valence-corrected chi connectivity index (χ4v) is 3.73. The Kier molecular flexibility index (Phi) is 9.24. The Morgan fingerprint density at radius 1 is 0.769 bits per heavy atom. The van der Waals surface area contributed by atoms with Crippen LogP contribution >= 0.6 is 0 Å². The third-order valence-electron chi connectivity index (χ3n) is 5.84. The Morgan fingerprint density at radius 2 is 1.31 bits per heavy atom. The zero-order valence-corrected chi connectivity index (χ0v) is 21.2. The molecule has 1 N–H and O–H groups in total. The molecular weight excluding hydrogens is 504 g/mol. The molecule has 4 aromatic carbocycles. The summed E-state index contributed by atoms with van der Waals surface area (Å²) in [5.41, 5.74) is 4.27. The summed E-state index contributed by atoms with van der Waals surface area (Å²) >= 11 is 0. The van der Waals surface area contributed by atoms with E-state index in [4.69, 9.17) is 14.3 Å². The maximum absolute atomic E-state index is 13.1. The number of oxime groups is 1. The van der Waals surface area contributed by atoms with Crippen LogP contribution in [-0.4, -0.2) is 36.1 Å². The number of hydrogen-bond donors (Lipinski definition) is 1. The first-order chi connectivity index (χ1) is 18.9. The molecule has 0 spiro atoms. The molecule has 0 saturated heterocycles. The van der Waals surface area contributed by atoms with Crippen LogP contribution in [0.5, 0.6) is 11.5 Å². The lowest BCUT2D eigenvalue weighted by atomic mass is 10.0. The number of nitrogens with zero attached hydrogens (tertiary/aromatic N) is 1. The highest BCUT2D eigenvalue weighted by Crippen LogP contribution is 2.21. The second-order valence-electron chi connectivity index (χ2n) is 8.69. The van der Waals surface area contributed by atoms with Gasteiger partial charge in [0, 0.05) is 6.42 Å². The number of carboxylic acid groups (broad SMARTS) is 1. The quantitative estimate of drug-likeness (QED) is 0.128. The second-order valence-corrected chi connectivity index (χ2v) is 8.69. The molecule has 0 heterocycles. The van der Waals surface area contributed by atoms with Gasteiger partial charge in [-0.3, -0.25) is 0 Å². The van der Waals surface area contributed by atoms with Crippen LogP contribution in [0, 0.1) is 11.6 Å². The SMILES string of the molecule is C/C(=N/OCCOc1ccc(CC(Oc2ccc(F)cc2)C(=O)O)cc1)c1ccc(-c2ccc(F)cc2)cc1. The highest BCUT2D eigenvalue weighted by molar-refractivity contribution is 5.98. The van der Waals surface area contributed by atoms with Gasteiger partial charge in [-0.05, 0) is 77.7 Å². The molecule has 0 saturated carbocycles. The number of rotatable bonds is 12. The minimum absolute atomic E-state index is 0.134. The summed E-state index contributed by atoms with van der Waals surface area (Å²) in [5.74, 6) is -0.923. The number of ether oxygens (including phenoxy) is 2. The number of aliphatic carboxylic acids is 1. The Bertz CT molecular complexity index is 1390. The van der Waals surface area contributed by atoms with Crippen LogP contribution in [0.15, 0.2) is 102 Å². The van der Waals surface area contributed by atoms with Crippen LogP contribution in [0.3, 0.4) is 0 Å². The molecular formula is C31H27F2NO5. The van der Waals surface area contributed by atoms with Gasteiger partial charge < -0.3 is 19.4 Å². The molecule has 0 fully saturated rings. The van der Waals surface area contributed by atoms with E-state index in [1.807, 2.05) is 31.2 Å². The number of carbonyl (C=O) groups is 1. The molecule has 4 rings (SSSR count). The van der Waals surface area contributed by atoms with E-state index in [0.717, 1.165) is 22.3 Å². The molecule has 200 valence electrons. The highest BCUT2D eigenvalue weighted by atomic mass is 19.1.